The molecule has 1 unspecified atom stereocenters. The molecule has 0 saturated carbocycles. The lowest BCUT2D eigenvalue weighted by molar-refractivity contribution is 0.103. The molecule has 3 rings (SSSR count). The van der Waals surface area contributed by atoms with Gasteiger partial charge in [0.15, 0.2) is 0 Å². The minimum Gasteiger partial charge on any atom is -0.383 e. The van der Waals surface area contributed by atoms with Crippen molar-refractivity contribution in [2.75, 3.05) is 53.0 Å². The Bertz CT molecular complexity index is 472. The van der Waals surface area contributed by atoms with Gasteiger partial charge in [0.1, 0.15) is 0 Å². The average Bonchev–Trinajstić information content (AvgIpc) is 3.15. The van der Waals surface area contributed by atoms with Crippen LogP contribution in [0.4, 0.5) is 0 Å². The van der Waals surface area contributed by atoms with E-state index < -0.39 is 0 Å². The Morgan fingerprint density at radius 1 is 1.20 bits per heavy atom. The van der Waals surface area contributed by atoms with Crippen LogP contribution in [0.15, 0.2) is 24.5 Å². The Kier molecular flexibility index (Phi) is 7.63. The number of likely N-dealkylation sites (tertiary alicyclic amines) is 1. The first-order valence-electron chi connectivity index (χ1n) is 9.64. The van der Waals surface area contributed by atoms with Gasteiger partial charge in [0.2, 0.25) is 0 Å². The summed E-state index contributed by atoms with van der Waals surface area (Å²) in [5.74, 6) is 0.801. The van der Waals surface area contributed by atoms with Crippen LogP contribution < -0.4 is 10.9 Å². The summed E-state index contributed by atoms with van der Waals surface area (Å²) in [4.78, 5) is 9.32. The Balaban J connectivity index is 1.50. The maximum atomic E-state index is 5.21. The standard InChI is InChI=1S/C19H33N5O/c1-25-13-12-23-10-5-18(6-11-23)15-24(16-19-4-9-21-22-19)14-17-2-7-20-8-3-17/h2-3,7-8,18-19,21-22H,4-6,9-16H2,1H3. The SMILES string of the molecule is COCCN1CCC(CN(Cc2ccncc2)CC2CCNN2)CC1. The van der Waals surface area contributed by atoms with Crippen LogP contribution in [0.2, 0.25) is 0 Å². The minimum absolute atomic E-state index is 0.559. The number of hydrazine groups is 1. The maximum absolute atomic E-state index is 5.21. The lowest BCUT2D eigenvalue weighted by atomic mass is 9.95. The molecule has 1 aromatic rings. The van der Waals surface area contributed by atoms with Gasteiger partial charge in [-0.05, 0) is 56.0 Å². The topological polar surface area (TPSA) is 52.7 Å². The molecule has 1 atom stereocenters. The van der Waals surface area contributed by atoms with Gasteiger partial charge in [0.25, 0.3) is 0 Å². The molecule has 140 valence electrons. The number of ether oxygens (including phenoxy) is 1. The summed E-state index contributed by atoms with van der Waals surface area (Å²) in [6.07, 6.45) is 7.61. The molecule has 0 spiro atoms. The molecule has 6 nitrogen and oxygen atoms in total. The molecule has 2 N–H and O–H groups in total. The fourth-order valence-corrected chi connectivity index (χ4v) is 3.91. The highest BCUT2D eigenvalue weighted by Crippen LogP contribution is 2.20. The van der Waals surface area contributed by atoms with Gasteiger partial charge < -0.3 is 9.64 Å². The van der Waals surface area contributed by atoms with Crippen molar-refractivity contribution in [2.24, 2.45) is 5.92 Å². The number of rotatable bonds is 9. The number of aromatic nitrogens is 1. The monoisotopic (exact) mass is 347 g/mol. The summed E-state index contributed by atoms with van der Waals surface area (Å²) in [7, 11) is 1.79. The quantitative estimate of drug-likeness (QED) is 0.698. The first-order chi connectivity index (χ1) is 12.3. The molecule has 0 aromatic carbocycles. The van der Waals surface area contributed by atoms with Crippen LogP contribution in [-0.2, 0) is 11.3 Å². The molecule has 0 bridgehead atoms. The largest absolute Gasteiger partial charge is 0.383 e. The molecule has 2 fully saturated rings. The molecule has 2 saturated heterocycles. The van der Waals surface area contributed by atoms with Gasteiger partial charge in [-0.1, -0.05) is 0 Å². The lowest BCUT2D eigenvalue weighted by Crippen LogP contribution is -2.44. The van der Waals surface area contributed by atoms with Crippen molar-refractivity contribution < 1.29 is 4.74 Å². The third-order valence-electron chi connectivity index (χ3n) is 5.39. The second-order valence-corrected chi connectivity index (χ2v) is 7.38. The third-order valence-corrected chi connectivity index (χ3v) is 5.39. The van der Waals surface area contributed by atoms with E-state index >= 15 is 0 Å². The van der Waals surface area contributed by atoms with Gasteiger partial charge in [0.05, 0.1) is 6.61 Å². The fraction of sp³-hybridized carbons (Fsp3) is 0.737. The van der Waals surface area contributed by atoms with Crippen molar-refractivity contribution in [1.82, 2.24) is 25.6 Å². The van der Waals surface area contributed by atoms with Gasteiger partial charge in [-0.15, -0.1) is 0 Å². The van der Waals surface area contributed by atoms with Crippen LogP contribution in [0, 0.1) is 5.92 Å². The van der Waals surface area contributed by atoms with Crippen LogP contribution in [0.1, 0.15) is 24.8 Å². The van der Waals surface area contributed by atoms with E-state index in [1.54, 1.807) is 7.11 Å². The zero-order chi connectivity index (χ0) is 17.3. The van der Waals surface area contributed by atoms with E-state index in [2.05, 4.69) is 37.8 Å². The van der Waals surface area contributed by atoms with Crippen molar-refractivity contribution in [2.45, 2.75) is 31.8 Å². The predicted octanol–water partition coefficient (Wildman–Crippen LogP) is 1.11. The molecule has 0 aliphatic carbocycles. The molecule has 2 aliphatic rings. The summed E-state index contributed by atoms with van der Waals surface area (Å²) in [6, 6.07) is 4.84. The number of pyridine rings is 1. The summed E-state index contributed by atoms with van der Waals surface area (Å²) >= 11 is 0. The summed E-state index contributed by atoms with van der Waals surface area (Å²) < 4.78 is 5.21. The molecule has 6 heteroatoms. The molecule has 25 heavy (non-hydrogen) atoms. The van der Waals surface area contributed by atoms with Crippen molar-refractivity contribution >= 4 is 0 Å². The number of hydrogen-bond acceptors (Lipinski definition) is 6. The second kappa shape index (κ2) is 10.2. The van der Waals surface area contributed by atoms with Crippen LogP contribution >= 0.6 is 0 Å². The van der Waals surface area contributed by atoms with Gasteiger partial charge in [-0.3, -0.25) is 20.7 Å². The highest BCUT2D eigenvalue weighted by Gasteiger charge is 2.24. The van der Waals surface area contributed by atoms with Gasteiger partial charge >= 0.3 is 0 Å². The Morgan fingerprint density at radius 3 is 2.68 bits per heavy atom. The van der Waals surface area contributed by atoms with Gasteiger partial charge in [0, 0.05) is 58.3 Å². The van der Waals surface area contributed by atoms with Crippen molar-refractivity contribution in [3.63, 3.8) is 0 Å². The van der Waals surface area contributed by atoms with E-state index in [0.29, 0.717) is 6.04 Å². The predicted molar refractivity (Wildman–Crippen MR) is 100 cm³/mol. The molecule has 2 aliphatic heterocycles. The second-order valence-electron chi connectivity index (χ2n) is 7.38. The van der Waals surface area contributed by atoms with Gasteiger partial charge in [-0.25, -0.2) is 0 Å². The van der Waals surface area contributed by atoms with Crippen LogP contribution in [0.25, 0.3) is 0 Å². The molecule has 0 radical (unpaired) electrons. The van der Waals surface area contributed by atoms with E-state index in [4.69, 9.17) is 4.74 Å². The first kappa shape index (κ1) is 18.7. The summed E-state index contributed by atoms with van der Waals surface area (Å²) in [6.45, 7) is 8.73. The number of nitrogens with one attached hydrogen (secondary N) is 2. The van der Waals surface area contributed by atoms with E-state index in [1.807, 2.05) is 12.4 Å². The van der Waals surface area contributed by atoms with Crippen LogP contribution in [0.3, 0.4) is 0 Å². The van der Waals surface area contributed by atoms with E-state index in [-0.39, 0.29) is 0 Å². The van der Waals surface area contributed by atoms with Crippen LogP contribution in [0.5, 0.6) is 0 Å². The minimum atomic E-state index is 0.559. The smallest absolute Gasteiger partial charge is 0.0589 e. The molecule has 3 heterocycles. The van der Waals surface area contributed by atoms with Crippen molar-refractivity contribution in [1.29, 1.82) is 0 Å². The Morgan fingerprint density at radius 2 is 2.00 bits per heavy atom. The normalized spacial score (nSPS) is 22.7. The Labute approximate surface area is 151 Å². The molecular weight excluding hydrogens is 314 g/mol. The highest BCUT2D eigenvalue weighted by atomic mass is 16.5. The molecule has 1 aromatic heterocycles. The first-order valence-corrected chi connectivity index (χ1v) is 9.64. The number of piperidine rings is 1. The lowest BCUT2D eigenvalue weighted by Gasteiger charge is -2.35. The number of nitrogens with zero attached hydrogens (tertiary/aromatic N) is 3. The number of hydrogen-bond donors (Lipinski definition) is 2. The van der Waals surface area contributed by atoms with E-state index in [9.17, 15) is 0 Å². The molecule has 0 amide bonds. The number of methoxy groups -OCH3 is 1. The summed E-state index contributed by atoms with van der Waals surface area (Å²) in [5, 5.41) is 0. The molecular formula is C19H33N5O. The Hall–Kier alpha value is -1.05. The van der Waals surface area contributed by atoms with Gasteiger partial charge in [-0.2, -0.15) is 0 Å². The third kappa shape index (κ3) is 6.31. The highest BCUT2D eigenvalue weighted by molar-refractivity contribution is 5.09. The maximum Gasteiger partial charge on any atom is 0.0589 e. The van der Waals surface area contributed by atoms with Crippen molar-refractivity contribution in [3.8, 4) is 0 Å². The zero-order valence-electron chi connectivity index (χ0n) is 15.5. The fourth-order valence-electron chi connectivity index (χ4n) is 3.91. The van der Waals surface area contributed by atoms with Crippen molar-refractivity contribution in [3.05, 3.63) is 30.1 Å². The summed E-state index contributed by atoms with van der Waals surface area (Å²) in [5.41, 5.74) is 8.04. The average molecular weight is 348 g/mol. The zero-order valence-corrected chi connectivity index (χ0v) is 15.5. The van der Waals surface area contributed by atoms with E-state index in [1.165, 1.54) is 44.5 Å². The van der Waals surface area contributed by atoms with E-state index in [0.717, 1.165) is 38.7 Å². The van der Waals surface area contributed by atoms with Crippen LogP contribution in [-0.4, -0.2) is 73.8 Å².